The molecule has 17 heavy (non-hydrogen) atoms. The van der Waals surface area contributed by atoms with Crippen LogP contribution in [-0.4, -0.2) is 24.3 Å². The summed E-state index contributed by atoms with van der Waals surface area (Å²) in [7, 11) is 0. The summed E-state index contributed by atoms with van der Waals surface area (Å²) in [6, 6.07) is 0. The van der Waals surface area contributed by atoms with E-state index in [9.17, 15) is 0 Å². The van der Waals surface area contributed by atoms with Gasteiger partial charge in [-0.15, -0.1) is 0 Å². The zero-order valence-electron chi connectivity index (χ0n) is 10.1. The van der Waals surface area contributed by atoms with Crippen molar-refractivity contribution in [1.29, 1.82) is 0 Å². The Labute approximate surface area is 107 Å². The van der Waals surface area contributed by atoms with Gasteiger partial charge in [-0.25, -0.2) is 4.99 Å². The molecule has 0 atom stereocenters. The Morgan fingerprint density at radius 3 is 2.82 bits per heavy atom. The Bertz CT molecular complexity index is 428. The second-order valence-electron chi connectivity index (χ2n) is 4.28. The average Bonchev–Trinajstić information content (AvgIpc) is 2.74. The van der Waals surface area contributed by atoms with Gasteiger partial charge in [0.05, 0.1) is 0 Å². The zero-order chi connectivity index (χ0) is 12.3. The maximum Gasteiger partial charge on any atom is 0.138 e. The molecular formula is C13H18ClN3. The van der Waals surface area contributed by atoms with Crippen LogP contribution in [0.2, 0.25) is 0 Å². The number of aliphatic imine (C=N–C) groups is 1. The van der Waals surface area contributed by atoms with E-state index in [2.05, 4.69) is 21.9 Å². The van der Waals surface area contributed by atoms with E-state index in [4.69, 9.17) is 11.6 Å². The smallest absolute Gasteiger partial charge is 0.138 e. The first-order chi connectivity index (χ1) is 8.24. The molecule has 92 valence electrons. The quantitative estimate of drug-likeness (QED) is 0.794. The monoisotopic (exact) mass is 251 g/mol. The van der Waals surface area contributed by atoms with Crippen molar-refractivity contribution >= 4 is 28.7 Å². The number of halogens is 1. The van der Waals surface area contributed by atoms with Crippen molar-refractivity contribution in [3.63, 3.8) is 0 Å². The van der Waals surface area contributed by atoms with E-state index in [1.165, 1.54) is 5.56 Å². The van der Waals surface area contributed by atoms with Crippen molar-refractivity contribution in [2.75, 3.05) is 13.1 Å². The van der Waals surface area contributed by atoms with Crippen LogP contribution in [0.25, 0.3) is 5.03 Å². The number of nitrogens with zero attached hydrogens (tertiary/aromatic N) is 1. The van der Waals surface area contributed by atoms with Crippen molar-refractivity contribution in [2.24, 2.45) is 4.99 Å². The molecule has 0 amide bonds. The van der Waals surface area contributed by atoms with Crippen LogP contribution in [0.3, 0.4) is 0 Å². The van der Waals surface area contributed by atoms with Gasteiger partial charge >= 0.3 is 0 Å². The molecule has 2 rings (SSSR count). The lowest BCUT2D eigenvalue weighted by Crippen LogP contribution is -2.26. The fourth-order valence-electron chi connectivity index (χ4n) is 2.40. The second kappa shape index (κ2) is 5.52. The number of piperidine rings is 1. The van der Waals surface area contributed by atoms with Gasteiger partial charge in [0.1, 0.15) is 5.82 Å². The fourth-order valence-corrected chi connectivity index (χ4v) is 2.60. The third-order valence-electron chi connectivity index (χ3n) is 3.20. The normalized spacial score (nSPS) is 17.8. The minimum absolute atomic E-state index is 0.554. The van der Waals surface area contributed by atoms with Crippen LogP contribution >= 0.6 is 11.6 Å². The van der Waals surface area contributed by atoms with E-state index in [1.54, 1.807) is 6.21 Å². The van der Waals surface area contributed by atoms with Crippen LogP contribution in [0.5, 0.6) is 0 Å². The van der Waals surface area contributed by atoms with Gasteiger partial charge in [0, 0.05) is 23.0 Å². The number of aromatic amines is 1. The molecule has 0 aliphatic carbocycles. The maximum atomic E-state index is 6.11. The molecular weight excluding hydrogens is 234 g/mol. The number of aromatic nitrogens is 1. The van der Waals surface area contributed by atoms with E-state index in [0.717, 1.165) is 37.3 Å². The van der Waals surface area contributed by atoms with Gasteiger partial charge in [0.25, 0.3) is 0 Å². The highest BCUT2D eigenvalue weighted by Gasteiger charge is 2.22. The Morgan fingerprint density at radius 1 is 1.53 bits per heavy atom. The van der Waals surface area contributed by atoms with Crippen LogP contribution in [0.4, 0.5) is 5.82 Å². The molecule has 0 spiro atoms. The minimum Gasteiger partial charge on any atom is -0.346 e. The standard InChI is InChI=1S/C13H18ClN3/c1-3-16-13-12(9(2)14)11(8-17-13)10-4-6-15-7-5-10/h3,8,10,15,17H,2,4-7H2,1H3/b16-3-. The predicted molar refractivity (Wildman–Crippen MR) is 74.4 cm³/mol. The lowest BCUT2D eigenvalue weighted by atomic mass is 9.89. The van der Waals surface area contributed by atoms with Crippen LogP contribution in [0, 0.1) is 0 Å². The summed E-state index contributed by atoms with van der Waals surface area (Å²) in [6.07, 6.45) is 6.08. The summed E-state index contributed by atoms with van der Waals surface area (Å²) in [4.78, 5) is 7.49. The number of hydrogen-bond donors (Lipinski definition) is 2. The lowest BCUT2D eigenvalue weighted by molar-refractivity contribution is 0.460. The summed E-state index contributed by atoms with van der Waals surface area (Å²) in [6.45, 7) is 7.88. The summed E-state index contributed by atoms with van der Waals surface area (Å²) >= 11 is 6.11. The summed E-state index contributed by atoms with van der Waals surface area (Å²) in [5, 5.41) is 3.94. The first kappa shape index (κ1) is 12.4. The van der Waals surface area contributed by atoms with Crippen LogP contribution in [0.15, 0.2) is 17.8 Å². The molecule has 0 unspecified atom stereocenters. The zero-order valence-corrected chi connectivity index (χ0v) is 10.8. The van der Waals surface area contributed by atoms with Crippen LogP contribution in [-0.2, 0) is 0 Å². The first-order valence-electron chi connectivity index (χ1n) is 5.99. The SMILES string of the molecule is C=C(Cl)c1c(C2CCNCC2)c[nH]c1/N=C\C. The molecule has 1 aromatic heterocycles. The third kappa shape index (κ3) is 2.61. The minimum atomic E-state index is 0.554. The molecule has 1 aliphatic heterocycles. The number of rotatable bonds is 3. The molecule has 1 fully saturated rings. The van der Waals surface area contributed by atoms with E-state index in [0.29, 0.717) is 11.0 Å². The van der Waals surface area contributed by atoms with E-state index in [-0.39, 0.29) is 0 Å². The highest BCUT2D eigenvalue weighted by Crippen LogP contribution is 2.37. The van der Waals surface area contributed by atoms with Gasteiger partial charge in [0.15, 0.2) is 0 Å². The topological polar surface area (TPSA) is 40.2 Å². The molecule has 0 aromatic carbocycles. The Morgan fingerprint density at radius 2 is 2.24 bits per heavy atom. The van der Waals surface area contributed by atoms with Crippen LogP contribution in [0.1, 0.15) is 36.8 Å². The molecule has 1 aliphatic rings. The van der Waals surface area contributed by atoms with Gasteiger partial charge in [-0.1, -0.05) is 18.2 Å². The highest BCUT2D eigenvalue weighted by molar-refractivity contribution is 6.49. The summed E-state index contributed by atoms with van der Waals surface area (Å²) < 4.78 is 0. The first-order valence-corrected chi connectivity index (χ1v) is 6.37. The summed E-state index contributed by atoms with van der Waals surface area (Å²) in [5.74, 6) is 1.37. The molecule has 2 heterocycles. The predicted octanol–water partition coefficient (Wildman–Crippen LogP) is 3.41. The lowest BCUT2D eigenvalue weighted by Gasteiger charge is -2.23. The summed E-state index contributed by atoms with van der Waals surface area (Å²) in [5.41, 5.74) is 2.24. The molecule has 4 heteroatoms. The fraction of sp³-hybridized carbons (Fsp3) is 0.462. The average molecular weight is 252 g/mol. The molecule has 2 N–H and O–H groups in total. The molecule has 3 nitrogen and oxygen atoms in total. The number of H-pyrrole nitrogens is 1. The van der Waals surface area contributed by atoms with Gasteiger partial charge in [0.2, 0.25) is 0 Å². The highest BCUT2D eigenvalue weighted by atomic mass is 35.5. The van der Waals surface area contributed by atoms with Crippen LogP contribution < -0.4 is 5.32 Å². The largest absolute Gasteiger partial charge is 0.346 e. The van der Waals surface area contributed by atoms with Crippen molar-refractivity contribution in [2.45, 2.75) is 25.7 Å². The second-order valence-corrected chi connectivity index (χ2v) is 4.74. The third-order valence-corrected chi connectivity index (χ3v) is 3.39. The van der Waals surface area contributed by atoms with Crippen molar-refractivity contribution < 1.29 is 0 Å². The molecule has 0 radical (unpaired) electrons. The molecule has 1 aromatic rings. The van der Waals surface area contributed by atoms with Gasteiger partial charge < -0.3 is 10.3 Å². The van der Waals surface area contributed by atoms with E-state index < -0.39 is 0 Å². The van der Waals surface area contributed by atoms with E-state index >= 15 is 0 Å². The Balaban J connectivity index is 2.35. The Kier molecular flexibility index (Phi) is 4.02. The molecule has 0 saturated carbocycles. The maximum absolute atomic E-state index is 6.11. The number of nitrogens with one attached hydrogen (secondary N) is 2. The van der Waals surface area contributed by atoms with Gasteiger partial charge in [-0.05, 0) is 44.3 Å². The van der Waals surface area contributed by atoms with Crippen molar-refractivity contribution in [3.05, 3.63) is 23.9 Å². The van der Waals surface area contributed by atoms with E-state index in [1.807, 2.05) is 13.1 Å². The van der Waals surface area contributed by atoms with Crippen molar-refractivity contribution in [1.82, 2.24) is 10.3 Å². The van der Waals surface area contributed by atoms with Gasteiger partial charge in [-0.3, -0.25) is 0 Å². The molecule has 1 saturated heterocycles. The van der Waals surface area contributed by atoms with Gasteiger partial charge in [-0.2, -0.15) is 0 Å². The van der Waals surface area contributed by atoms with Crippen molar-refractivity contribution in [3.8, 4) is 0 Å². The molecule has 0 bridgehead atoms. The number of hydrogen-bond acceptors (Lipinski definition) is 2. The Hall–Kier alpha value is -1.06.